The first kappa shape index (κ1) is 18.5. The second-order valence-corrected chi connectivity index (χ2v) is 8.71. The lowest BCUT2D eigenvalue weighted by atomic mass is 10.2. The minimum atomic E-state index is -0.597. The quantitative estimate of drug-likeness (QED) is 0.540. The Kier molecular flexibility index (Phi) is 4.73. The van der Waals surface area contributed by atoms with Crippen LogP contribution in [-0.4, -0.2) is 42.2 Å². The number of thiophene rings is 1. The number of likely N-dealkylation sites (tertiary alicyclic amines) is 1. The number of imidazole rings is 2. The van der Waals surface area contributed by atoms with Crippen molar-refractivity contribution in [3.8, 4) is 16.4 Å². The lowest BCUT2D eigenvalue weighted by Crippen LogP contribution is -2.17. The average Bonchev–Trinajstić information content (AvgIpc) is 3.49. The highest BCUT2D eigenvalue weighted by Crippen LogP contribution is 2.30. The van der Waals surface area contributed by atoms with E-state index < -0.39 is 6.10 Å². The van der Waals surface area contributed by atoms with E-state index in [0.717, 1.165) is 29.1 Å². The van der Waals surface area contributed by atoms with Gasteiger partial charge in [-0.1, -0.05) is 0 Å². The van der Waals surface area contributed by atoms with Crippen LogP contribution in [0, 0.1) is 0 Å². The zero-order valence-electron chi connectivity index (χ0n) is 16.7. The first-order valence-corrected chi connectivity index (χ1v) is 11.0. The van der Waals surface area contributed by atoms with Gasteiger partial charge in [-0.25, -0.2) is 9.97 Å². The van der Waals surface area contributed by atoms with Crippen molar-refractivity contribution in [1.29, 1.82) is 0 Å². The van der Waals surface area contributed by atoms with Gasteiger partial charge in [0, 0.05) is 31.7 Å². The fourth-order valence-corrected chi connectivity index (χ4v) is 5.10. The maximum Gasteiger partial charge on any atom is 0.154 e. The number of hydrogen-bond acceptors (Lipinski definition) is 5. The van der Waals surface area contributed by atoms with E-state index in [0.29, 0.717) is 5.82 Å². The normalized spacial score (nSPS) is 16.1. The SMILES string of the molecule is CC(O)c1nc2cc(-n3ccnc3-c3cc(CN4CCCC4)cs3)ccc2n1C. The van der Waals surface area contributed by atoms with Crippen LogP contribution in [0.4, 0.5) is 0 Å². The molecular formula is C22H25N5OS. The Morgan fingerprint density at radius 2 is 2.03 bits per heavy atom. The molecule has 1 fully saturated rings. The van der Waals surface area contributed by atoms with Crippen molar-refractivity contribution < 1.29 is 5.11 Å². The van der Waals surface area contributed by atoms with Gasteiger partial charge in [0.1, 0.15) is 11.9 Å². The van der Waals surface area contributed by atoms with Crippen LogP contribution in [0.3, 0.4) is 0 Å². The van der Waals surface area contributed by atoms with Gasteiger partial charge in [-0.3, -0.25) is 9.47 Å². The minimum Gasteiger partial charge on any atom is -0.385 e. The highest BCUT2D eigenvalue weighted by atomic mass is 32.1. The van der Waals surface area contributed by atoms with E-state index in [-0.39, 0.29) is 0 Å². The van der Waals surface area contributed by atoms with Crippen LogP contribution in [0.15, 0.2) is 42.0 Å². The Labute approximate surface area is 174 Å². The van der Waals surface area contributed by atoms with E-state index in [1.165, 1.54) is 36.4 Å². The molecule has 29 heavy (non-hydrogen) atoms. The summed E-state index contributed by atoms with van der Waals surface area (Å²) in [5.74, 6) is 1.63. The van der Waals surface area contributed by atoms with Gasteiger partial charge in [0.05, 0.1) is 15.9 Å². The predicted molar refractivity (Wildman–Crippen MR) is 116 cm³/mol. The van der Waals surface area contributed by atoms with Crippen LogP contribution in [0.25, 0.3) is 27.4 Å². The summed E-state index contributed by atoms with van der Waals surface area (Å²) in [6.07, 6.45) is 5.87. The number of aromatic nitrogens is 4. The molecule has 1 aromatic carbocycles. The first-order chi connectivity index (χ1) is 14.1. The molecule has 4 aromatic rings. The summed E-state index contributed by atoms with van der Waals surface area (Å²) in [4.78, 5) is 13.0. The van der Waals surface area contributed by atoms with E-state index in [1.54, 1.807) is 18.3 Å². The summed E-state index contributed by atoms with van der Waals surface area (Å²) < 4.78 is 4.06. The van der Waals surface area contributed by atoms with Crippen molar-refractivity contribution in [2.75, 3.05) is 13.1 Å². The minimum absolute atomic E-state index is 0.597. The highest BCUT2D eigenvalue weighted by molar-refractivity contribution is 7.13. The molecule has 1 aliphatic heterocycles. The van der Waals surface area contributed by atoms with Gasteiger partial charge in [-0.2, -0.15) is 0 Å². The van der Waals surface area contributed by atoms with Crippen molar-refractivity contribution in [1.82, 2.24) is 24.0 Å². The summed E-state index contributed by atoms with van der Waals surface area (Å²) in [6, 6.07) is 8.47. The van der Waals surface area contributed by atoms with Crippen LogP contribution >= 0.6 is 11.3 Å². The molecule has 150 valence electrons. The lowest BCUT2D eigenvalue weighted by molar-refractivity contribution is 0.186. The number of aryl methyl sites for hydroxylation is 1. The smallest absolute Gasteiger partial charge is 0.154 e. The van der Waals surface area contributed by atoms with Crippen molar-refractivity contribution in [3.63, 3.8) is 0 Å². The zero-order valence-corrected chi connectivity index (χ0v) is 17.6. The Bertz CT molecular complexity index is 1150. The Hall–Kier alpha value is -2.48. The largest absolute Gasteiger partial charge is 0.385 e. The molecular weight excluding hydrogens is 382 g/mol. The van der Waals surface area contributed by atoms with E-state index in [4.69, 9.17) is 0 Å². The maximum atomic E-state index is 9.96. The Morgan fingerprint density at radius 1 is 1.21 bits per heavy atom. The number of rotatable bonds is 5. The van der Waals surface area contributed by atoms with Gasteiger partial charge in [-0.15, -0.1) is 11.3 Å². The molecule has 0 bridgehead atoms. The summed E-state index contributed by atoms with van der Waals surface area (Å²) in [5.41, 5.74) is 4.27. The number of aliphatic hydroxyl groups is 1. The highest BCUT2D eigenvalue weighted by Gasteiger charge is 2.16. The van der Waals surface area contributed by atoms with Crippen molar-refractivity contribution >= 4 is 22.4 Å². The third-order valence-electron chi connectivity index (χ3n) is 5.67. The van der Waals surface area contributed by atoms with Gasteiger partial charge < -0.3 is 9.67 Å². The fourth-order valence-electron chi connectivity index (χ4n) is 4.20. The molecule has 0 spiro atoms. The van der Waals surface area contributed by atoms with E-state index in [2.05, 4.69) is 49.1 Å². The molecule has 7 heteroatoms. The van der Waals surface area contributed by atoms with Crippen LogP contribution < -0.4 is 0 Å². The average molecular weight is 408 g/mol. The van der Waals surface area contributed by atoms with Crippen LogP contribution in [-0.2, 0) is 13.6 Å². The third-order valence-corrected chi connectivity index (χ3v) is 6.65. The molecule has 1 unspecified atom stereocenters. The number of fused-ring (bicyclic) bond motifs is 1. The topological polar surface area (TPSA) is 59.1 Å². The molecule has 0 amide bonds. The summed E-state index contributed by atoms with van der Waals surface area (Å²) >= 11 is 1.75. The molecule has 1 atom stereocenters. The second-order valence-electron chi connectivity index (χ2n) is 7.80. The number of aliphatic hydroxyl groups excluding tert-OH is 1. The van der Waals surface area contributed by atoms with E-state index >= 15 is 0 Å². The van der Waals surface area contributed by atoms with Crippen LogP contribution in [0.2, 0.25) is 0 Å². The van der Waals surface area contributed by atoms with Crippen molar-refractivity contribution in [2.24, 2.45) is 7.05 Å². The standard InChI is InChI=1S/C22H25N5OS/c1-15(28)21-24-18-12-17(5-6-19(18)25(21)2)27-10-7-23-22(27)20-11-16(14-29-20)13-26-8-3-4-9-26/h5-7,10-12,14-15,28H,3-4,8-9,13H2,1-2H3. The summed E-state index contributed by atoms with van der Waals surface area (Å²) in [7, 11) is 1.94. The van der Waals surface area contributed by atoms with E-state index in [1.807, 2.05) is 24.0 Å². The molecule has 6 nitrogen and oxygen atoms in total. The number of benzene rings is 1. The van der Waals surface area contributed by atoms with Crippen molar-refractivity contribution in [3.05, 3.63) is 53.4 Å². The van der Waals surface area contributed by atoms with Gasteiger partial charge in [0.2, 0.25) is 0 Å². The molecule has 0 radical (unpaired) electrons. The molecule has 1 N–H and O–H groups in total. The number of nitrogens with zero attached hydrogens (tertiary/aromatic N) is 5. The molecule has 1 saturated heterocycles. The third kappa shape index (κ3) is 3.39. The first-order valence-electron chi connectivity index (χ1n) is 10.1. The predicted octanol–water partition coefficient (Wildman–Crippen LogP) is 4.14. The van der Waals surface area contributed by atoms with Gasteiger partial charge in [-0.05, 0) is 68.1 Å². The number of hydrogen-bond donors (Lipinski definition) is 1. The van der Waals surface area contributed by atoms with E-state index in [9.17, 15) is 5.11 Å². The van der Waals surface area contributed by atoms with Gasteiger partial charge in [0.15, 0.2) is 5.82 Å². The van der Waals surface area contributed by atoms with Crippen molar-refractivity contribution in [2.45, 2.75) is 32.4 Å². The maximum absolute atomic E-state index is 9.96. The molecule has 3 aromatic heterocycles. The fraction of sp³-hybridized carbons (Fsp3) is 0.364. The summed E-state index contributed by atoms with van der Waals surface area (Å²) in [5, 5.41) is 12.2. The van der Waals surface area contributed by atoms with Crippen LogP contribution in [0.5, 0.6) is 0 Å². The monoisotopic (exact) mass is 407 g/mol. The van der Waals surface area contributed by atoms with Gasteiger partial charge in [0.25, 0.3) is 0 Å². The Balaban J connectivity index is 1.48. The molecule has 0 aliphatic carbocycles. The molecule has 1 aliphatic rings. The Morgan fingerprint density at radius 3 is 2.83 bits per heavy atom. The lowest BCUT2D eigenvalue weighted by Gasteiger charge is -2.12. The molecule has 4 heterocycles. The molecule has 0 saturated carbocycles. The zero-order chi connectivity index (χ0) is 20.0. The summed E-state index contributed by atoms with van der Waals surface area (Å²) in [6.45, 7) is 5.18. The molecule has 5 rings (SSSR count). The van der Waals surface area contributed by atoms with Gasteiger partial charge >= 0.3 is 0 Å². The van der Waals surface area contributed by atoms with Crippen LogP contribution in [0.1, 0.15) is 37.3 Å². The second kappa shape index (κ2) is 7.40.